The number of aliphatic hydroxyl groups excluding tert-OH is 15. The summed E-state index contributed by atoms with van der Waals surface area (Å²) in [5, 5.41) is 166. The number of carbonyl (C=O) groups is 4. The molecule has 68 heavy (non-hydrogen) atoms. The third kappa shape index (κ3) is 16.6. The average Bonchev–Trinajstić information content (AvgIpc) is 3.27. The average molecular weight is 992 g/mol. The molecule has 2 aliphatic heterocycles. The first-order chi connectivity index (χ1) is 31.9. The molecule has 0 aromatic carbocycles. The van der Waals surface area contributed by atoms with Crippen LogP contribution >= 0.6 is 0 Å². The number of ether oxygens (including phenoxy) is 6. The highest BCUT2D eigenvalue weighted by Crippen LogP contribution is 2.31. The molecule has 0 aromatic heterocycles. The van der Waals surface area contributed by atoms with E-state index in [1.807, 2.05) is 0 Å². The van der Waals surface area contributed by atoms with E-state index in [1.54, 1.807) is 0 Å². The van der Waals surface area contributed by atoms with Crippen molar-refractivity contribution in [1.82, 2.24) is 21.3 Å². The zero-order chi connectivity index (χ0) is 51.7. The third-order valence-electron chi connectivity index (χ3n) is 9.97. The number of nitrogens with one attached hydrogen (secondary N) is 4. The minimum absolute atomic E-state index is 0.419. The number of rotatable bonds is 26. The summed E-state index contributed by atoms with van der Waals surface area (Å²) in [6, 6.07) is -3.40. The Labute approximate surface area is 387 Å². The maximum absolute atomic E-state index is 12.5. The van der Waals surface area contributed by atoms with E-state index < -0.39 is 209 Å². The molecular weight excluding hydrogens is 926 g/mol. The number of nitrogens with two attached hydrogens (primary N) is 1. The van der Waals surface area contributed by atoms with Crippen LogP contribution in [-0.4, -0.2) is 232 Å². The molecule has 0 spiro atoms. The Morgan fingerprint density at radius 2 is 1.00 bits per heavy atom. The molecule has 21 N–H and O–H groups in total. The summed E-state index contributed by atoms with van der Waals surface area (Å²) in [7, 11) is 0. The Bertz CT molecular complexity index is 1750. The van der Waals surface area contributed by atoms with Crippen LogP contribution < -0.4 is 27.0 Å². The van der Waals surface area contributed by atoms with Gasteiger partial charge in [0.25, 0.3) is 0 Å². The Hall–Kier alpha value is -4.42. The van der Waals surface area contributed by atoms with Crippen molar-refractivity contribution in [1.29, 1.82) is 0 Å². The van der Waals surface area contributed by atoms with Crippen LogP contribution in [0.25, 0.3) is 0 Å². The number of hydrogen-bond acceptors (Lipinski definition) is 26. The van der Waals surface area contributed by atoms with Crippen LogP contribution in [0.15, 0.2) is 34.4 Å². The van der Waals surface area contributed by atoms with Gasteiger partial charge in [-0.25, -0.2) is 0 Å². The molecule has 2 rings (SSSR count). The first-order valence-corrected chi connectivity index (χ1v) is 20.8. The summed E-state index contributed by atoms with van der Waals surface area (Å²) in [6.07, 6.45) is -29.6. The zero-order valence-corrected chi connectivity index (χ0v) is 37.3. The summed E-state index contributed by atoms with van der Waals surface area (Å²) in [6.45, 7) is -0.424. The van der Waals surface area contributed by atoms with Crippen molar-refractivity contribution in [3.05, 3.63) is 34.4 Å². The molecule has 4 amide bonds. The largest absolute Gasteiger partial charge is 0.508 e. The van der Waals surface area contributed by atoms with Gasteiger partial charge in [-0.1, -0.05) is 0 Å². The second-order valence-electron chi connectivity index (χ2n) is 15.3. The number of hydrogen-bond donors (Lipinski definition) is 20. The fraction of sp³-hybridized carbons (Fsp3) is 0.737. The maximum Gasteiger partial charge on any atom is 0.221 e. The van der Waals surface area contributed by atoms with Crippen LogP contribution in [-0.2, 0) is 47.6 Å². The monoisotopic (exact) mass is 991 g/mol. The number of carbonyl (C=O) groups excluding carboxylic acids is 4. The van der Waals surface area contributed by atoms with E-state index in [9.17, 15) is 90.7 Å². The summed E-state index contributed by atoms with van der Waals surface area (Å²) in [5.74, 6) is -6.87. The van der Waals surface area contributed by atoms with E-state index in [-0.39, 0.29) is 0 Å². The molecule has 30 nitrogen and oxygen atoms in total. The van der Waals surface area contributed by atoms with Gasteiger partial charge in [0.05, 0.1) is 13.2 Å². The topological polar surface area (TPSA) is 501 Å². The highest BCUT2D eigenvalue weighted by atomic mass is 16.7. The first-order valence-electron chi connectivity index (χ1n) is 20.8. The summed E-state index contributed by atoms with van der Waals surface area (Å²) in [5.41, 5.74) is 2.88. The van der Waals surface area contributed by atoms with Gasteiger partial charge in [0, 0.05) is 66.8 Å². The third-order valence-corrected chi connectivity index (χ3v) is 9.97. The molecule has 30 heteroatoms. The molecule has 2 aliphatic rings. The fourth-order valence-electron chi connectivity index (χ4n) is 6.79. The van der Waals surface area contributed by atoms with Crippen molar-refractivity contribution < 1.29 is 124 Å². The lowest BCUT2D eigenvalue weighted by molar-refractivity contribution is -0.303. The van der Waals surface area contributed by atoms with Gasteiger partial charge < -0.3 is 132 Å². The standard InChI is InChI=1S/C38H65N5O25/c1-13(49)40-23(28(55)18(6-9-45)63-34(59)22(39)27(54)17(53)5-8-44)36(61)68-33-21(12-48)66-38(26(31(33)58)43-16(4)52)65-19(7-10-46)29(56)24(41-14(2)50)37(62)67-32-20(11-47)64-35(60)25(30(32)57)42-15(3)51/h17-21,25-26,30-38,44-48,53-62H,5-12,39H2,1-4H3,(H,40,49)(H,41,50)(H,42,51)(H,43,52)/b27-22+,28-23-,29-24-. The second kappa shape index (κ2) is 28.3. The Morgan fingerprint density at radius 1 is 0.574 bits per heavy atom. The molecule has 0 aliphatic carbocycles. The fourth-order valence-corrected chi connectivity index (χ4v) is 6.79. The van der Waals surface area contributed by atoms with Gasteiger partial charge in [-0.05, 0) is 0 Å². The number of amides is 4. The number of aliphatic hydroxyl groups is 15. The van der Waals surface area contributed by atoms with E-state index in [2.05, 4.69) is 21.3 Å². The smallest absolute Gasteiger partial charge is 0.221 e. The normalized spacial score (nSPS) is 29.1. The zero-order valence-electron chi connectivity index (χ0n) is 37.3. The lowest BCUT2D eigenvalue weighted by Gasteiger charge is -2.45. The summed E-state index contributed by atoms with van der Waals surface area (Å²) in [4.78, 5) is 48.8. The molecule has 16 unspecified atom stereocenters. The highest BCUT2D eigenvalue weighted by Gasteiger charge is 2.50. The Kier molecular flexibility index (Phi) is 24.8. The molecule has 0 aromatic rings. The van der Waals surface area contributed by atoms with Crippen LogP contribution in [0, 0.1) is 0 Å². The van der Waals surface area contributed by atoms with Crippen molar-refractivity contribution in [3.8, 4) is 0 Å². The van der Waals surface area contributed by atoms with Crippen molar-refractivity contribution in [2.45, 2.75) is 145 Å². The highest BCUT2D eigenvalue weighted by molar-refractivity contribution is 5.76. The SMILES string of the molecule is CC(=O)N/C(=C(\O)C(CCO)OC(O)/C(N)=C(\O)C(O)CCO)C(O)OC1C(CO)OC(OC(CCO)/C(O)=C(/NC(C)=O)C(O)OC2C(CO)OC(O)C(NC(C)=O)C2O)C(NC(C)=O)C1O. The van der Waals surface area contributed by atoms with Crippen molar-refractivity contribution in [2.75, 3.05) is 33.0 Å². The van der Waals surface area contributed by atoms with Gasteiger partial charge in [0.2, 0.25) is 23.6 Å². The minimum Gasteiger partial charge on any atom is -0.508 e. The van der Waals surface area contributed by atoms with Gasteiger partial charge in [-0.15, -0.1) is 0 Å². The van der Waals surface area contributed by atoms with Gasteiger partial charge in [0.15, 0.2) is 31.5 Å². The van der Waals surface area contributed by atoms with E-state index >= 15 is 0 Å². The quantitative estimate of drug-likeness (QED) is 0.0283. The van der Waals surface area contributed by atoms with Gasteiger partial charge in [-0.3, -0.25) is 19.2 Å². The molecule has 0 radical (unpaired) electrons. The van der Waals surface area contributed by atoms with Gasteiger partial charge >= 0.3 is 0 Å². The molecule has 16 atom stereocenters. The molecule has 392 valence electrons. The van der Waals surface area contributed by atoms with Crippen molar-refractivity contribution in [2.24, 2.45) is 5.73 Å². The van der Waals surface area contributed by atoms with E-state index in [0.717, 1.165) is 27.7 Å². The van der Waals surface area contributed by atoms with Crippen molar-refractivity contribution in [3.63, 3.8) is 0 Å². The Balaban J connectivity index is 2.58. The predicted molar refractivity (Wildman–Crippen MR) is 220 cm³/mol. The van der Waals surface area contributed by atoms with Crippen molar-refractivity contribution >= 4 is 23.6 Å². The lowest BCUT2D eigenvalue weighted by atomic mass is 9.96. The van der Waals surface area contributed by atoms with Crippen LogP contribution in [0.3, 0.4) is 0 Å². The molecular formula is C38H65N5O25. The minimum atomic E-state index is -2.55. The van der Waals surface area contributed by atoms with E-state index in [0.29, 0.717) is 0 Å². The molecule has 0 bridgehead atoms. The summed E-state index contributed by atoms with van der Waals surface area (Å²) < 4.78 is 33.2. The van der Waals surface area contributed by atoms with E-state index in [4.69, 9.17) is 39.3 Å². The molecule has 2 saturated heterocycles. The first kappa shape index (κ1) is 59.7. The summed E-state index contributed by atoms with van der Waals surface area (Å²) >= 11 is 0. The van der Waals surface area contributed by atoms with E-state index in [1.165, 1.54) is 0 Å². The van der Waals surface area contributed by atoms with Crippen LogP contribution in [0.5, 0.6) is 0 Å². The predicted octanol–water partition coefficient (Wildman–Crippen LogP) is -8.31. The van der Waals surface area contributed by atoms with Gasteiger partial charge in [0.1, 0.15) is 101 Å². The molecule has 2 fully saturated rings. The second-order valence-corrected chi connectivity index (χ2v) is 15.3. The van der Waals surface area contributed by atoms with Gasteiger partial charge in [-0.2, -0.15) is 0 Å². The maximum atomic E-state index is 12.5. The van der Waals surface area contributed by atoms with Crippen LogP contribution in [0.4, 0.5) is 0 Å². The molecule has 2 heterocycles. The molecule has 0 saturated carbocycles. The van der Waals surface area contributed by atoms with Crippen LogP contribution in [0.1, 0.15) is 47.0 Å². The Morgan fingerprint density at radius 3 is 1.44 bits per heavy atom. The lowest BCUT2D eigenvalue weighted by Crippen LogP contribution is -2.66. The van der Waals surface area contributed by atoms with Crippen LogP contribution in [0.2, 0.25) is 0 Å².